The summed E-state index contributed by atoms with van der Waals surface area (Å²) in [4.78, 5) is 38.2. The Morgan fingerprint density at radius 3 is 2.31 bits per heavy atom. The molecule has 0 bridgehead atoms. The first-order valence-electron chi connectivity index (χ1n) is 9.96. The third-order valence-electron chi connectivity index (χ3n) is 5.34. The summed E-state index contributed by atoms with van der Waals surface area (Å²) in [6.07, 6.45) is 1.18. The summed E-state index contributed by atoms with van der Waals surface area (Å²) in [5.74, 6) is -0.406. The van der Waals surface area contributed by atoms with E-state index in [0.29, 0.717) is 23.8 Å². The molecule has 1 fully saturated rings. The second kappa shape index (κ2) is 8.90. The fourth-order valence-corrected chi connectivity index (χ4v) is 3.57. The van der Waals surface area contributed by atoms with Crippen LogP contribution in [0.15, 0.2) is 48.5 Å². The Labute approximate surface area is 171 Å². The van der Waals surface area contributed by atoms with E-state index in [1.54, 1.807) is 29.2 Å². The van der Waals surface area contributed by atoms with E-state index in [2.05, 4.69) is 30.5 Å². The lowest BCUT2D eigenvalue weighted by Gasteiger charge is -2.23. The van der Waals surface area contributed by atoms with Gasteiger partial charge < -0.3 is 15.5 Å². The van der Waals surface area contributed by atoms with Gasteiger partial charge in [0.05, 0.1) is 5.92 Å². The smallest absolute Gasteiger partial charge is 0.229 e. The van der Waals surface area contributed by atoms with Crippen LogP contribution in [0.3, 0.4) is 0 Å². The summed E-state index contributed by atoms with van der Waals surface area (Å²) in [5, 5.41) is 5.56. The number of hydrogen-bond acceptors (Lipinski definition) is 3. The molecular formula is C23H27N3O3. The average molecular weight is 393 g/mol. The van der Waals surface area contributed by atoms with Crippen LogP contribution in [-0.4, -0.2) is 24.3 Å². The van der Waals surface area contributed by atoms with Gasteiger partial charge in [0.15, 0.2) is 0 Å². The van der Waals surface area contributed by atoms with E-state index in [4.69, 9.17) is 0 Å². The van der Waals surface area contributed by atoms with Gasteiger partial charge in [-0.1, -0.05) is 32.0 Å². The normalized spacial score (nSPS) is 17.1. The van der Waals surface area contributed by atoms with Gasteiger partial charge in [-0.3, -0.25) is 14.4 Å². The molecule has 1 aliphatic heterocycles. The Morgan fingerprint density at radius 1 is 1.07 bits per heavy atom. The van der Waals surface area contributed by atoms with E-state index in [1.807, 2.05) is 18.2 Å². The zero-order valence-corrected chi connectivity index (χ0v) is 17.1. The van der Waals surface area contributed by atoms with Gasteiger partial charge in [-0.15, -0.1) is 0 Å². The number of carbonyl (C=O) groups is 3. The van der Waals surface area contributed by atoms with Crippen LogP contribution in [0.25, 0.3) is 0 Å². The molecule has 2 atom stereocenters. The van der Waals surface area contributed by atoms with E-state index in [0.717, 1.165) is 17.7 Å². The predicted molar refractivity (Wildman–Crippen MR) is 115 cm³/mol. The van der Waals surface area contributed by atoms with Gasteiger partial charge in [-0.05, 0) is 48.2 Å². The highest BCUT2D eigenvalue weighted by atomic mass is 16.2. The molecule has 0 unspecified atom stereocenters. The Kier molecular flexibility index (Phi) is 6.32. The lowest BCUT2D eigenvalue weighted by molar-refractivity contribution is -0.122. The molecule has 2 aromatic rings. The van der Waals surface area contributed by atoms with Crippen LogP contribution in [0.1, 0.15) is 45.1 Å². The maximum absolute atomic E-state index is 12.7. The Balaban J connectivity index is 1.69. The molecule has 0 aliphatic carbocycles. The fourth-order valence-electron chi connectivity index (χ4n) is 3.57. The van der Waals surface area contributed by atoms with Gasteiger partial charge in [-0.25, -0.2) is 0 Å². The van der Waals surface area contributed by atoms with Crippen molar-refractivity contribution in [3.63, 3.8) is 0 Å². The van der Waals surface area contributed by atoms with E-state index in [9.17, 15) is 14.4 Å². The lowest BCUT2D eigenvalue weighted by Crippen LogP contribution is -2.29. The number of benzene rings is 2. The monoisotopic (exact) mass is 393 g/mol. The number of carbonyl (C=O) groups excluding carboxylic acids is 3. The molecule has 6 heteroatoms. The van der Waals surface area contributed by atoms with Crippen LogP contribution in [0, 0.1) is 5.92 Å². The van der Waals surface area contributed by atoms with Crippen molar-refractivity contribution in [1.29, 1.82) is 0 Å². The van der Waals surface area contributed by atoms with Gasteiger partial charge in [0.1, 0.15) is 0 Å². The zero-order chi connectivity index (χ0) is 21.0. The number of nitrogens with one attached hydrogen (secondary N) is 2. The van der Waals surface area contributed by atoms with Crippen LogP contribution < -0.4 is 15.5 Å². The minimum atomic E-state index is -0.400. The maximum atomic E-state index is 12.7. The molecule has 152 valence electrons. The minimum absolute atomic E-state index is 0.0260. The van der Waals surface area contributed by atoms with Crippen molar-refractivity contribution in [3.05, 3.63) is 54.1 Å². The highest BCUT2D eigenvalue weighted by molar-refractivity contribution is 6.04. The Bertz CT molecular complexity index is 908. The summed E-state index contributed by atoms with van der Waals surface area (Å²) in [5.41, 5.74) is 3.34. The highest BCUT2D eigenvalue weighted by Gasteiger charge is 2.36. The second-order valence-electron chi connectivity index (χ2n) is 7.52. The van der Waals surface area contributed by atoms with Gasteiger partial charge >= 0.3 is 0 Å². The van der Waals surface area contributed by atoms with Crippen molar-refractivity contribution in [2.45, 2.75) is 39.5 Å². The highest BCUT2D eigenvalue weighted by Crippen LogP contribution is 2.33. The lowest BCUT2D eigenvalue weighted by atomic mass is 9.96. The van der Waals surface area contributed by atoms with Crippen molar-refractivity contribution < 1.29 is 14.4 Å². The molecule has 2 aromatic carbocycles. The first kappa shape index (κ1) is 20.6. The molecule has 0 radical (unpaired) electrons. The molecule has 0 aromatic heterocycles. The maximum Gasteiger partial charge on any atom is 0.229 e. The standard InChI is InChI=1S/C23H27N3O3/c1-4-15(2)20-7-5-6-8-21(20)26-14-17(13-22(26)28)23(29)25-19-11-9-18(10-12-19)24-16(3)27/h5-12,15,17H,4,13-14H2,1-3H3,(H,24,27)(H,25,29)/t15-,17+/m0/s1. The largest absolute Gasteiger partial charge is 0.326 e. The molecule has 1 saturated heterocycles. The molecular weight excluding hydrogens is 366 g/mol. The van der Waals surface area contributed by atoms with Crippen molar-refractivity contribution in [2.75, 3.05) is 22.1 Å². The molecule has 29 heavy (non-hydrogen) atoms. The van der Waals surface area contributed by atoms with Crippen molar-refractivity contribution in [2.24, 2.45) is 5.92 Å². The third kappa shape index (κ3) is 4.83. The number of hydrogen-bond donors (Lipinski definition) is 2. The third-order valence-corrected chi connectivity index (χ3v) is 5.34. The number of nitrogens with zero attached hydrogens (tertiary/aromatic N) is 1. The molecule has 1 heterocycles. The predicted octanol–water partition coefficient (Wildman–Crippen LogP) is 4.15. The average Bonchev–Trinajstić information content (AvgIpc) is 3.10. The van der Waals surface area contributed by atoms with Gasteiger partial charge in [0.25, 0.3) is 0 Å². The van der Waals surface area contributed by atoms with Crippen molar-refractivity contribution in [1.82, 2.24) is 0 Å². The number of rotatable bonds is 6. The van der Waals surface area contributed by atoms with E-state index < -0.39 is 5.92 Å². The van der Waals surface area contributed by atoms with Crippen molar-refractivity contribution in [3.8, 4) is 0 Å². The molecule has 1 aliphatic rings. The van der Waals surface area contributed by atoms with E-state index >= 15 is 0 Å². The Hall–Kier alpha value is -3.15. The summed E-state index contributed by atoms with van der Waals surface area (Å²) in [6, 6.07) is 14.9. The second-order valence-corrected chi connectivity index (χ2v) is 7.52. The number of amides is 3. The Morgan fingerprint density at radius 2 is 1.69 bits per heavy atom. The van der Waals surface area contributed by atoms with Crippen LogP contribution in [0.4, 0.5) is 17.1 Å². The summed E-state index contributed by atoms with van der Waals surface area (Å²) in [7, 11) is 0. The summed E-state index contributed by atoms with van der Waals surface area (Å²) >= 11 is 0. The van der Waals surface area contributed by atoms with Gasteiger partial charge in [0, 0.05) is 37.0 Å². The quantitative estimate of drug-likeness (QED) is 0.774. The van der Waals surface area contributed by atoms with Crippen LogP contribution >= 0.6 is 0 Å². The zero-order valence-electron chi connectivity index (χ0n) is 17.1. The fraction of sp³-hybridized carbons (Fsp3) is 0.348. The van der Waals surface area contributed by atoms with Crippen molar-refractivity contribution >= 4 is 34.8 Å². The number of anilines is 3. The molecule has 3 amide bonds. The van der Waals surface area contributed by atoms with Gasteiger partial charge in [0.2, 0.25) is 17.7 Å². The van der Waals surface area contributed by atoms with Gasteiger partial charge in [-0.2, -0.15) is 0 Å². The topological polar surface area (TPSA) is 78.5 Å². The van der Waals surface area contributed by atoms with Crippen LogP contribution in [0.5, 0.6) is 0 Å². The first-order valence-corrected chi connectivity index (χ1v) is 9.96. The number of para-hydroxylation sites is 1. The van der Waals surface area contributed by atoms with Crippen LogP contribution in [-0.2, 0) is 14.4 Å². The minimum Gasteiger partial charge on any atom is -0.326 e. The SMILES string of the molecule is CC[C@H](C)c1ccccc1N1C[C@H](C(=O)Nc2ccc(NC(C)=O)cc2)CC1=O. The van der Waals surface area contributed by atoms with E-state index in [-0.39, 0.29) is 24.1 Å². The van der Waals surface area contributed by atoms with Crippen LogP contribution in [0.2, 0.25) is 0 Å². The molecule has 0 saturated carbocycles. The molecule has 6 nitrogen and oxygen atoms in total. The molecule has 0 spiro atoms. The first-order chi connectivity index (χ1) is 13.9. The summed E-state index contributed by atoms with van der Waals surface area (Å²) in [6.45, 7) is 6.09. The summed E-state index contributed by atoms with van der Waals surface area (Å²) < 4.78 is 0. The molecule has 2 N–H and O–H groups in total. The molecule has 3 rings (SSSR count). The van der Waals surface area contributed by atoms with E-state index in [1.165, 1.54) is 6.92 Å².